The van der Waals surface area contributed by atoms with Crippen molar-refractivity contribution in [1.29, 1.82) is 0 Å². The van der Waals surface area contributed by atoms with Crippen molar-refractivity contribution in [2.24, 2.45) is 0 Å². The molecule has 0 N–H and O–H groups in total. The van der Waals surface area contributed by atoms with Gasteiger partial charge in [-0.25, -0.2) is 0 Å². The van der Waals surface area contributed by atoms with Crippen LogP contribution in [0.25, 0.3) is 0 Å². The highest BCUT2D eigenvalue weighted by Crippen LogP contribution is 2.18. The number of hydrogen-bond donors (Lipinski definition) is 0. The van der Waals surface area contributed by atoms with Crippen molar-refractivity contribution < 1.29 is 0 Å². The topological polar surface area (TPSA) is 0 Å². The number of allylic oxidation sites excluding steroid dienone is 1. The largest absolute Gasteiger partial charge is 0.165 e. The fourth-order valence-electron chi connectivity index (χ4n) is 2.43. The van der Waals surface area contributed by atoms with Crippen molar-refractivity contribution in [3.05, 3.63) is 119 Å². The summed E-state index contributed by atoms with van der Waals surface area (Å²) in [7, 11) is 0. The van der Waals surface area contributed by atoms with Gasteiger partial charge >= 0.3 is 0 Å². The maximum absolute atomic E-state index is 3.83. The van der Waals surface area contributed by atoms with E-state index in [4.69, 9.17) is 0 Å². The molecule has 0 spiro atoms. The molecule has 0 saturated heterocycles. The third kappa shape index (κ3) is 18.9. The zero-order valence-electron chi connectivity index (χ0n) is 19.5. The van der Waals surface area contributed by atoms with Crippen LogP contribution in [0, 0.1) is 0 Å². The van der Waals surface area contributed by atoms with E-state index in [1.54, 1.807) is 11.8 Å². The molecule has 0 atom stereocenters. The second-order valence-electron chi connectivity index (χ2n) is 6.93. The van der Waals surface area contributed by atoms with E-state index in [1.165, 1.54) is 33.1 Å². The van der Waals surface area contributed by atoms with Crippen LogP contribution >= 0.6 is 47.0 Å². The van der Waals surface area contributed by atoms with Gasteiger partial charge in [-0.15, -0.1) is 11.8 Å². The van der Waals surface area contributed by atoms with Crippen molar-refractivity contribution in [3.63, 3.8) is 0 Å². The van der Waals surface area contributed by atoms with E-state index in [0.717, 1.165) is 17.3 Å². The van der Waals surface area contributed by atoms with Gasteiger partial charge in [-0.05, 0) is 41.0 Å². The van der Waals surface area contributed by atoms with Crippen molar-refractivity contribution >= 4 is 47.0 Å². The zero-order chi connectivity index (χ0) is 23.3. The lowest BCUT2D eigenvalue weighted by Gasteiger charge is -1.99. The second-order valence-corrected chi connectivity index (χ2v) is 11.2. The summed E-state index contributed by atoms with van der Waals surface area (Å²) < 4.78 is 0. The molecule has 0 aliphatic heterocycles. The van der Waals surface area contributed by atoms with Crippen molar-refractivity contribution in [2.75, 3.05) is 24.0 Å². The number of thioether (sulfide) groups is 4. The van der Waals surface area contributed by atoms with Gasteiger partial charge in [0.1, 0.15) is 0 Å². The zero-order valence-corrected chi connectivity index (χ0v) is 22.8. The SMILES string of the molecule is C.C=C(C)SCc1ccccc1.CSCCSCc1ccccc1.CSCc1ccccc1. The normalized spacial score (nSPS) is 9.42. The molecule has 0 radical (unpaired) electrons. The predicted octanol–water partition coefficient (Wildman–Crippen LogP) is 9.92. The van der Waals surface area contributed by atoms with Gasteiger partial charge in [0.2, 0.25) is 0 Å². The summed E-state index contributed by atoms with van der Waals surface area (Å²) in [4.78, 5) is 1.17. The molecular formula is C29H40S4. The molecule has 0 saturated carbocycles. The van der Waals surface area contributed by atoms with Gasteiger partial charge in [0, 0.05) is 28.8 Å². The lowest BCUT2D eigenvalue weighted by atomic mass is 10.2. The average molecular weight is 517 g/mol. The highest BCUT2D eigenvalue weighted by molar-refractivity contribution is 8.02. The number of hydrogen-bond acceptors (Lipinski definition) is 4. The molecule has 180 valence electrons. The Labute approximate surface area is 220 Å². The van der Waals surface area contributed by atoms with E-state index in [9.17, 15) is 0 Å². The van der Waals surface area contributed by atoms with Crippen LogP contribution in [0.1, 0.15) is 31.0 Å². The monoisotopic (exact) mass is 516 g/mol. The van der Waals surface area contributed by atoms with Crippen LogP contribution in [0.2, 0.25) is 0 Å². The highest BCUT2D eigenvalue weighted by atomic mass is 32.2. The maximum Gasteiger partial charge on any atom is 0.0228 e. The van der Waals surface area contributed by atoms with Crippen molar-refractivity contribution in [3.8, 4) is 0 Å². The van der Waals surface area contributed by atoms with Gasteiger partial charge in [-0.1, -0.05) is 105 Å². The Hall–Kier alpha value is -1.20. The molecule has 0 aromatic heterocycles. The van der Waals surface area contributed by atoms with Crippen LogP contribution in [0.5, 0.6) is 0 Å². The Morgan fingerprint density at radius 1 is 0.606 bits per heavy atom. The highest BCUT2D eigenvalue weighted by Gasteiger charge is 1.91. The average Bonchev–Trinajstić information content (AvgIpc) is 2.84. The fourth-order valence-corrected chi connectivity index (χ4v) is 5.27. The van der Waals surface area contributed by atoms with Gasteiger partial charge in [0.15, 0.2) is 0 Å². The lowest BCUT2D eigenvalue weighted by Crippen LogP contribution is -1.84. The van der Waals surface area contributed by atoms with Gasteiger partial charge in [0.25, 0.3) is 0 Å². The Bertz CT molecular complexity index is 805. The van der Waals surface area contributed by atoms with Gasteiger partial charge in [-0.2, -0.15) is 35.3 Å². The van der Waals surface area contributed by atoms with Crippen LogP contribution in [0.4, 0.5) is 0 Å². The van der Waals surface area contributed by atoms with E-state index in [1.807, 2.05) is 54.3 Å². The third-order valence-electron chi connectivity index (χ3n) is 4.03. The molecule has 4 heteroatoms. The first kappa shape index (κ1) is 31.8. The van der Waals surface area contributed by atoms with Crippen LogP contribution in [0.15, 0.2) is 102 Å². The summed E-state index contributed by atoms with van der Waals surface area (Å²) in [5.74, 6) is 5.84. The maximum atomic E-state index is 3.83. The molecule has 0 fully saturated rings. The second kappa shape index (κ2) is 22.6. The molecule has 0 aliphatic rings. The number of rotatable bonds is 10. The Kier molecular flexibility index (Phi) is 21.8. The van der Waals surface area contributed by atoms with E-state index < -0.39 is 0 Å². The lowest BCUT2D eigenvalue weighted by molar-refractivity contribution is 1.40. The first-order valence-corrected chi connectivity index (χ1v) is 15.5. The molecule has 0 bridgehead atoms. The minimum atomic E-state index is 0. The summed E-state index contributed by atoms with van der Waals surface area (Å²) in [5, 5.41) is 0. The molecule has 0 aliphatic carbocycles. The first-order valence-electron chi connectivity index (χ1n) is 10.6. The predicted molar refractivity (Wildman–Crippen MR) is 164 cm³/mol. The minimum Gasteiger partial charge on any atom is -0.165 e. The van der Waals surface area contributed by atoms with Crippen molar-refractivity contribution in [1.82, 2.24) is 0 Å². The third-order valence-corrected chi connectivity index (χ3v) is 7.52. The van der Waals surface area contributed by atoms with Gasteiger partial charge in [-0.3, -0.25) is 0 Å². The summed E-state index contributed by atoms with van der Waals surface area (Å²) >= 11 is 7.57. The number of benzene rings is 3. The van der Waals surface area contributed by atoms with Gasteiger partial charge in [0.05, 0.1) is 0 Å². The summed E-state index contributed by atoms with van der Waals surface area (Å²) in [6.07, 6.45) is 4.27. The molecule has 3 aromatic rings. The molecule has 0 unspecified atom stereocenters. The van der Waals surface area contributed by atoms with Crippen molar-refractivity contribution in [2.45, 2.75) is 31.6 Å². The van der Waals surface area contributed by atoms with Crippen LogP contribution < -0.4 is 0 Å². The smallest absolute Gasteiger partial charge is 0.0228 e. The molecule has 0 heterocycles. The Morgan fingerprint density at radius 2 is 1.03 bits per heavy atom. The van der Waals surface area contributed by atoms with Gasteiger partial charge < -0.3 is 0 Å². The van der Waals surface area contributed by atoms with Crippen LogP contribution in [0.3, 0.4) is 0 Å². The molecule has 0 amide bonds. The molecule has 3 aromatic carbocycles. The van der Waals surface area contributed by atoms with E-state index in [2.05, 4.69) is 98.0 Å². The molecule has 3 rings (SSSR count). The first-order chi connectivity index (χ1) is 15.7. The Morgan fingerprint density at radius 3 is 1.42 bits per heavy atom. The van der Waals surface area contributed by atoms with E-state index in [0.29, 0.717) is 0 Å². The summed E-state index contributed by atoms with van der Waals surface area (Å²) in [6.45, 7) is 5.87. The van der Waals surface area contributed by atoms with E-state index in [-0.39, 0.29) is 7.43 Å². The molecule has 0 nitrogen and oxygen atoms in total. The summed E-state index contributed by atoms with van der Waals surface area (Å²) in [5.41, 5.74) is 4.20. The van der Waals surface area contributed by atoms with E-state index >= 15 is 0 Å². The van der Waals surface area contributed by atoms with Crippen LogP contribution in [-0.4, -0.2) is 24.0 Å². The van der Waals surface area contributed by atoms with Crippen LogP contribution in [-0.2, 0) is 17.3 Å². The standard InChI is InChI=1S/C10H14S2.C10H12S.C8H10S.CH4/c1-11-7-8-12-9-10-5-3-2-4-6-10;1-9(2)11-8-10-6-4-3-5-7-10;1-9-7-8-5-3-2-4-6-8;/h2-6H,7-9H2,1H3;3-7H,1,8H2,2H3;2-6H,7H2,1H3;1H4. The Balaban J connectivity index is 0.000000463. The quantitative estimate of drug-likeness (QED) is 0.246. The minimum absolute atomic E-state index is 0. The summed E-state index contributed by atoms with van der Waals surface area (Å²) in [6, 6.07) is 31.6. The molecule has 33 heavy (non-hydrogen) atoms. The molecular weight excluding hydrogens is 477 g/mol. The fraction of sp³-hybridized carbons (Fsp3) is 0.310.